The van der Waals surface area contributed by atoms with Crippen molar-refractivity contribution in [3.8, 4) is 0 Å². The van der Waals surface area contributed by atoms with E-state index in [0.29, 0.717) is 17.0 Å². The van der Waals surface area contributed by atoms with Gasteiger partial charge >= 0.3 is 5.69 Å². The van der Waals surface area contributed by atoms with Crippen LogP contribution in [0.5, 0.6) is 0 Å². The van der Waals surface area contributed by atoms with Gasteiger partial charge in [-0.3, -0.25) is 13.9 Å². The lowest BCUT2D eigenvalue weighted by molar-refractivity contribution is 0.499. The molecule has 0 spiro atoms. The van der Waals surface area contributed by atoms with Crippen LogP contribution in [0.1, 0.15) is 32.1 Å². The Labute approximate surface area is 110 Å². The van der Waals surface area contributed by atoms with Gasteiger partial charge in [0.1, 0.15) is 5.82 Å². The third-order valence-corrected chi connectivity index (χ3v) is 3.61. The zero-order valence-corrected chi connectivity index (χ0v) is 11.7. The Kier molecular flexibility index (Phi) is 3.32. The first kappa shape index (κ1) is 13.5. The zero-order chi connectivity index (χ0) is 14.3. The number of nitrogens with two attached hydrogens (primary N) is 1. The molecule has 0 aliphatic rings. The molecule has 2 aromatic heterocycles. The summed E-state index contributed by atoms with van der Waals surface area (Å²) in [7, 11) is 3.22. The van der Waals surface area contributed by atoms with Crippen molar-refractivity contribution in [2.24, 2.45) is 19.8 Å². The fourth-order valence-electron chi connectivity index (χ4n) is 2.20. The van der Waals surface area contributed by atoms with E-state index in [0.717, 1.165) is 11.0 Å². The lowest BCUT2D eigenvalue weighted by atomic mass is 10.2. The monoisotopic (exact) mass is 265 g/mol. The van der Waals surface area contributed by atoms with Crippen LogP contribution in [0, 0.1) is 0 Å². The third kappa shape index (κ3) is 1.81. The largest absolute Gasteiger partial charge is 0.332 e. The van der Waals surface area contributed by atoms with Crippen molar-refractivity contribution < 1.29 is 0 Å². The fraction of sp³-hybridized carbons (Fsp3) is 0.583. The molecule has 2 rings (SSSR count). The average Bonchev–Trinajstić information content (AvgIpc) is 2.73. The van der Waals surface area contributed by atoms with Crippen molar-refractivity contribution in [1.29, 1.82) is 0 Å². The van der Waals surface area contributed by atoms with E-state index in [1.807, 2.05) is 13.8 Å². The summed E-state index contributed by atoms with van der Waals surface area (Å²) in [5.74, 6) is 0.592. The number of rotatable bonds is 3. The van der Waals surface area contributed by atoms with Crippen molar-refractivity contribution in [1.82, 2.24) is 18.7 Å². The standard InChI is InChI=1S/C12H19N5O2/c1-5-7(2)17-10-9(11(18)16(4)12(17)19)15(3)8(6-13)14-10/h7H,5-6,13H2,1-4H3. The number of aromatic nitrogens is 4. The molecule has 0 radical (unpaired) electrons. The fourth-order valence-corrected chi connectivity index (χ4v) is 2.20. The smallest absolute Gasteiger partial charge is 0.324 e. The summed E-state index contributed by atoms with van der Waals surface area (Å²) >= 11 is 0. The molecule has 0 saturated carbocycles. The van der Waals surface area contributed by atoms with E-state index in [1.165, 1.54) is 7.05 Å². The molecule has 2 heterocycles. The molecule has 0 bridgehead atoms. The van der Waals surface area contributed by atoms with Crippen LogP contribution in [0.25, 0.3) is 11.2 Å². The Morgan fingerprint density at radius 3 is 2.42 bits per heavy atom. The van der Waals surface area contributed by atoms with Crippen LogP contribution in [0.3, 0.4) is 0 Å². The van der Waals surface area contributed by atoms with Gasteiger partial charge in [0, 0.05) is 20.1 Å². The highest BCUT2D eigenvalue weighted by Gasteiger charge is 2.20. The predicted molar refractivity (Wildman–Crippen MR) is 73.1 cm³/mol. The summed E-state index contributed by atoms with van der Waals surface area (Å²) in [6, 6.07) is -0.0256. The summed E-state index contributed by atoms with van der Waals surface area (Å²) < 4.78 is 4.35. The van der Waals surface area contributed by atoms with Crippen LogP contribution >= 0.6 is 0 Å². The van der Waals surface area contributed by atoms with E-state index in [2.05, 4.69) is 4.98 Å². The second-order valence-corrected chi connectivity index (χ2v) is 4.74. The van der Waals surface area contributed by atoms with Gasteiger partial charge in [0.15, 0.2) is 11.2 Å². The molecule has 0 amide bonds. The molecule has 1 unspecified atom stereocenters. The number of aryl methyl sites for hydroxylation is 1. The molecule has 0 aromatic carbocycles. The quantitative estimate of drug-likeness (QED) is 0.837. The number of hydrogen-bond donors (Lipinski definition) is 1. The number of fused-ring (bicyclic) bond motifs is 1. The highest BCUT2D eigenvalue weighted by molar-refractivity contribution is 5.71. The summed E-state index contributed by atoms with van der Waals surface area (Å²) in [5.41, 5.74) is 5.78. The molecular weight excluding hydrogens is 246 g/mol. The summed E-state index contributed by atoms with van der Waals surface area (Å²) in [6.07, 6.45) is 0.780. The molecule has 7 heteroatoms. The van der Waals surface area contributed by atoms with Crippen molar-refractivity contribution in [3.63, 3.8) is 0 Å². The van der Waals surface area contributed by atoms with Crippen LogP contribution < -0.4 is 17.0 Å². The van der Waals surface area contributed by atoms with E-state index >= 15 is 0 Å². The lowest BCUT2D eigenvalue weighted by Gasteiger charge is -2.14. The van der Waals surface area contributed by atoms with Crippen LogP contribution in [0.15, 0.2) is 9.59 Å². The molecule has 0 aliphatic carbocycles. The Balaban J connectivity index is 3.04. The molecule has 2 N–H and O–H groups in total. The van der Waals surface area contributed by atoms with Crippen molar-refractivity contribution >= 4 is 11.2 Å². The first-order valence-electron chi connectivity index (χ1n) is 6.30. The molecular formula is C12H19N5O2. The van der Waals surface area contributed by atoms with E-state index in [9.17, 15) is 9.59 Å². The first-order valence-corrected chi connectivity index (χ1v) is 6.30. The van der Waals surface area contributed by atoms with Gasteiger partial charge in [0.05, 0.1) is 6.54 Å². The van der Waals surface area contributed by atoms with Crippen molar-refractivity contribution in [2.75, 3.05) is 0 Å². The van der Waals surface area contributed by atoms with Gasteiger partial charge in [-0.25, -0.2) is 9.78 Å². The summed E-state index contributed by atoms with van der Waals surface area (Å²) in [6.45, 7) is 4.14. The zero-order valence-electron chi connectivity index (χ0n) is 11.7. The van der Waals surface area contributed by atoms with Crippen LogP contribution in [-0.2, 0) is 20.6 Å². The number of hydrogen-bond acceptors (Lipinski definition) is 4. The summed E-state index contributed by atoms with van der Waals surface area (Å²) in [4.78, 5) is 28.8. The van der Waals surface area contributed by atoms with E-state index in [-0.39, 0.29) is 23.8 Å². The Bertz CT molecular complexity index is 737. The molecule has 0 aliphatic heterocycles. The minimum Gasteiger partial charge on any atom is -0.324 e. The van der Waals surface area contributed by atoms with Gasteiger partial charge in [-0.2, -0.15) is 0 Å². The van der Waals surface area contributed by atoms with Gasteiger partial charge in [-0.15, -0.1) is 0 Å². The molecule has 7 nitrogen and oxygen atoms in total. The molecule has 0 fully saturated rings. The second-order valence-electron chi connectivity index (χ2n) is 4.74. The highest BCUT2D eigenvalue weighted by atomic mass is 16.2. The van der Waals surface area contributed by atoms with E-state index in [4.69, 9.17) is 5.73 Å². The lowest BCUT2D eigenvalue weighted by Crippen LogP contribution is -2.39. The van der Waals surface area contributed by atoms with Gasteiger partial charge < -0.3 is 10.3 Å². The third-order valence-electron chi connectivity index (χ3n) is 3.61. The maximum atomic E-state index is 12.3. The van der Waals surface area contributed by atoms with Crippen molar-refractivity contribution in [3.05, 3.63) is 26.7 Å². The molecule has 19 heavy (non-hydrogen) atoms. The molecule has 104 valence electrons. The maximum absolute atomic E-state index is 12.3. The van der Waals surface area contributed by atoms with Gasteiger partial charge in [0.2, 0.25) is 0 Å². The number of nitrogens with zero attached hydrogens (tertiary/aromatic N) is 4. The topological polar surface area (TPSA) is 87.8 Å². The molecule has 1 atom stereocenters. The Morgan fingerprint density at radius 2 is 1.89 bits per heavy atom. The Morgan fingerprint density at radius 1 is 1.26 bits per heavy atom. The predicted octanol–water partition coefficient (Wildman–Crippen LogP) is -0.137. The minimum absolute atomic E-state index is 0.0256. The van der Waals surface area contributed by atoms with E-state index in [1.54, 1.807) is 16.2 Å². The van der Waals surface area contributed by atoms with Crippen LogP contribution in [-0.4, -0.2) is 18.7 Å². The van der Waals surface area contributed by atoms with Gasteiger partial charge in [0.25, 0.3) is 5.56 Å². The first-order chi connectivity index (χ1) is 8.93. The average molecular weight is 265 g/mol. The van der Waals surface area contributed by atoms with Crippen LogP contribution in [0.2, 0.25) is 0 Å². The molecule has 2 aromatic rings. The van der Waals surface area contributed by atoms with Gasteiger partial charge in [-0.1, -0.05) is 6.92 Å². The van der Waals surface area contributed by atoms with E-state index < -0.39 is 0 Å². The summed E-state index contributed by atoms with van der Waals surface area (Å²) in [5, 5.41) is 0. The van der Waals surface area contributed by atoms with Gasteiger partial charge in [-0.05, 0) is 13.3 Å². The normalized spacial score (nSPS) is 13.1. The Hall–Kier alpha value is -1.89. The minimum atomic E-state index is -0.339. The SMILES string of the molecule is CCC(C)n1c(=O)n(C)c(=O)c2c1nc(CN)n2C. The maximum Gasteiger partial charge on any atom is 0.332 e. The molecule has 0 saturated heterocycles. The highest BCUT2D eigenvalue weighted by Crippen LogP contribution is 2.15. The second kappa shape index (κ2) is 4.65. The van der Waals surface area contributed by atoms with Crippen LogP contribution in [0.4, 0.5) is 0 Å². The number of imidazole rings is 1. The van der Waals surface area contributed by atoms with Crippen molar-refractivity contribution in [2.45, 2.75) is 32.9 Å².